The minimum Gasteiger partial charge on any atom is -0.487 e. The van der Waals surface area contributed by atoms with E-state index in [1.165, 1.54) is 5.56 Å². The van der Waals surface area contributed by atoms with Crippen molar-refractivity contribution in [3.8, 4) is 5.75 Å². The molecule has 0 aliphatic rings. The predicted molar refractivity (Wildman–Crippen MR) is 69.6 cm³/mol. The van der Waals surface area contributed by atoms with Crippen LogP contribution in [-0.4, -0.2) is 33.4 Å². The first-order valence-corrected chi connectivity index (χ1v) is 6.28. The standard InChI is InChI=1S/C14H23NO2/c1-12(2)13-6-4-5-7-14(13)17-11-9-15-8-10-16-3/h4-7,12,15H,8-11H2,1-3H3/p+1. The summed E-state index contributed by atoms with van der Waals surface area (Å²) in [5, 5.41) is 2.21. The average Bonchev–Trinajstić information content (AvgIpc) is 2.34. The molecule has 96 valence electrons. The van der Waals surface area contributed by atoms with Gasteiger partial charge in [-0.15, -0.1) is 0 Å². The molecule has 1 aromatic carbocycles. The van der Waals surface area contributed by atoms with E-state index in [1.54, 1.807) is 7.11 Å². The second-order valence-corrected chi connectivity index (χ2v) is 4.40. The van der Waals surface area contributed by atoms with Crippen LogP contribution in [0, 0.1) is 0 Å². The van der Waals surface area contributed by atoms with Crippen molar-refractivity contribution in [2.24, 2.45) is 0 Å². The van der Waals surface area contributed by atoms with Gasteiger partial charge in [0.25, 0.3) is 0 Å². The lowest BCUT2D eigenvalue weighted by atomic mass is 10.0. The molecule has 0 bridgehead atoms. The fraction of sp³-hybridized carbons (Fsp3) is 0.571. The molecule has 1 aromatic rings. The van der Waals surface area contributed by atoms with Gasteiger partial charge in [0.1, 0.15) is 18.9 Å². The summed E-state index contributed by atoms with van der Waals surface area (Å²) in [6.45, 7) is 7.87. The van der Waals surface area contributed by atoms with Crippen molar-refractivity contribution in [2.45, 2.75) is 19.8 Å². The Morgan fingerprint density at radius 1 is 1.12 bits per heavy atom. The van der Waals surface area contributed by atoms with Gasteiger partial charge in [-0.2, -0.15) is 0 Å². The number of rotatable bonds is 8. The minimum absolute atomic E-state index is 0.503. The van der Waals surface area contributed by atoms with E-state index in [0.717, 1.165) is 32.1 Å². The second kappa shape index (κ2) is 8.09. The highest BCUT2D eigenvalue weighted by molar-refractivity contribution is 5.35. The first-order valence-electron chi connectivity index (χ1n) is 6.28. The van der Waals surface area contributed by atoms with E-state index >= 15 is 0 Å². The van der Waals surface area contributed by atoms with E-state index in [1.807, 2.05) is 12.1 Å². The summed E-state index contributed by atoms with van der Waals surface area (Å²) in [5.74, 6) is 1.52. The maximum Gasteiger partial charge on any atom is 0.137 e. The lowest BCUT2D eigenvalue weighted by Gasteiger charge is -2.13. The van der Waals surface area contributed by atoms with Gasteiger partial charge < -0.3 is 14.8 Å². The molecule has 0 aliphatic carbocycles. The predicted octanol–water partition coefficient (Wildman–Crippen LogP) is 1.40. The van der Waals surface area contributed by atoms with Crippen molar-refractivity contribution < 1.29 is 14.8 Å². The molecule has 0 aromatic heterocycles. The number of nitrogens with two attached hydrogens (primary N) is 1. The Labute approximate surface area is 104 Å². The molecule has 1 rings (SSSR count). The van der Waals surface area contributed by atoms with Gasteiger partial charge in [0.2, 0.25) is 0 Å². The number of methoxy groups -OCH3 is 1. The van der Waals surface area contributed by atoms with Gasteiger partial charge in [0.05, 0.1) is 13.2 Å². The lowest BCUT2D eigenvalue weighted by Crippen LogP contribution is -2.86. The average molecular weight is 238 g/mol. The zero-order valence-electron chi connectivity index (χ0n) is 11.1. The summed E-state index contributed by atoms with van der Waals surface area (Å²) in [6, 6.07) is 8.27. The minimum atomic E-state index is 0.503. The molecule has 0 saturated carbocycles. The van der Waals surface area contributed by atoms with Crippen molar-refractivity contribution in [2.75, 3.05) is 33.4 Å². The molecule has 3 heteroatoms. The number of ether oxygens (including phenoxy) is 2. The zero-order valence-corrected chi connectivity index (χ0v) is 11.1. The third-order valence-electron chi connectivity index (χ3n) is 2.65. The van der Waals surface area contributed by atoms with Gasteiger partial charge in [0.15, 0.2) is 0 Å². The third kappa shape index (κ3) is 5.20. The van der Waals surface area contributed by atoms with Crippen molar-refractivity contribution in [3.05, 3.63) is 29.8 Å². The molecule has 0 radical (unpaired) electrons. The van der Waals surface area contributed by atoms with Crippen LogP contribution in [0.25, 0.3) is 0 Å². The summed E-state index contributed by atoms with van der Waals surface area (Å²) in [6.07, 6.45) is 0. The van der Waals surface area contributed by atoms with E-state index in [4.69, 9.17) is 9.47 Å². The first-order chi connectivity index (χ1) is 8.25. The number of quaternary nitrogens is 1. The van der Waals surface area contributed by atoms with Gasteiger partial charge in [0, 0.05) is 7.11 Å². The monoisotopic (exact) mass is 238 g/mol. The highest BCUT2D eigenvalue weighted by atomic mass is 16.5. The Bertz CT molecular complexity index is 313. The summed E-state index contributed by atoms with van der Waals surface area (Å²) in [7, 11) is 1.73. The molecule has 0 unspecified atom stereocenters. The Morgan fingerprint density at radius 3 is 2.53 bits per heavy atom. The zero-order chi connectivity index (χ0) is 12.5. The van der Waals surface area contributed by atoms with Crippen LogP contribution in [0.4, 0.5) is 0 Å². The molecule has 0 saturated heterocycles. The third-order valence-corrected chi connectivity index (χ3v) is 2.65. The van der Waals surface area contributed by atoms with Gasteiger partial charge in [-0.1, -0.05) is 32.0 Å². The maximum atomic E-state index is 5.81. The van der Waals surface area contributed by atoms with Crippen LogP contribution in [0.3, 0.4) is 0 Å². The van der Waals surface area contributed by atoms with Crippen LogP contribution in [0.15, 0.2) is 24.3 Å². The molecular formula is C14H24NO2+. The molecule has 0 fully saturated rings. The largest absolute Gasteiger partial charge is 0.487 e. The molecule has 0 spiro atoms. The van der Waals surface area contributed by atoms with Crippen LogP contribution in [0.1, 0.15) is 25.3 Å². The summed E-state index contributed by atoms with van der Waals surface area (Å²) in [4.78, 5) is 0. The number of benzene rings is 1. The number of hydrogen-bond acceptors (Lipinski definition) is 2. The molecular weight excluding hydrogens is 214 g/mol. The Kier molecular flexibility index (Phi) is 6.67. The highest BCUT2D eigenvalue weighted by Crippen LogP contribution is 2.25. The van der Waals surface area contributed by atoms with Gasteiger partial charge in [-0.3, -0.25) is 0 Å². The molecule has 0 aliphatic heterocycles. The van der Waals surface area contributed by atoms with Gasteiger partial charge >= 0.3 is 0 Å². The quantitative estimate of drug-likeness (QED) is 0.695. The Hall–Kier alpha value is -1.06. The summed E-state index contributed by atoms with van der Waals surface area (Å²) >= 11 is 0. The molecule has 17 heavy (non-hydrogen) atoms. The Morgan fingerprint density at radius 2 is 1.82 bits per heavy atom. The van der Waals surface area contributed by atoms with E-state index in [-0.39, 0.29) is 0 Å². The van der Waals surface area contributed by atoms with Crippen LogP contribution in [0.5, 0.6) is 5.75 Å². The van der Waals surface area contributed by atoms with Crippen molar-refractivity contribution in [1.29, 1.82) is 0 Å². The van der Waals surface area contributed by atoms with E-state index in [9.17, 15) is 0 Å². The van der Waals surface area contributed by atoms with Crippen LogP contribution in [0.2, 0.25) is 0 Å². The Balaban J connectivity index is 2.31. The fourth-order valence-corrected chi connectivity index (χ4v) is 1.69. The number of hydrogen-bond donors (Lipinski definition) is 1. The summed E-state index contributed by atoms with van der Waals surface area (Å²) in [5.41, 5.74) is 1.28. The van der Waals surface area contributed by atoms with E-state index in [2.05, 4.69) is 31.3 Å². The van der Waals surface area contributed by atoms with Gasteiger partial charge in [-0.05, 0) is 17.5 Å². The number of para-hydroxylation sites is 1. The van der Waals surface area contributed by atoms with Crippen LogP contribution in [-0.2, 0) is 4.74 Å². The second-order valence-electron chi connectivity index (χ2n) is 4.40. The van der Waals surface area contributed by atoms with E-state index < -0.39 is 0 Å². The maximum absolute atomic E-state index is 5.81. The van der Waals surface area contributed by atoms with Gasteiger partial charge in [-0.25, -0.2) is 0 Å². The fourth-order valence-electron chi connectivity index (χ4n) is 1.69. The normalized spacial score (nSPS) is 10.8. The lowest BCUT2D eigenvalue weighted by molar-refractivity contribution is -0.656. The van der Waals surface area contributed by atoms with Crippen LogP contribution >= 0.6 is 0 Å². The van der Waals surface area contributed by atoms with Crippen molar-refractivity contribution in [3.63, 3.8) is 0 Å². The van der Waals surface area contributed by atoms with Crippen molar-refractivity contribution >= 4 is 0 Å². The van der Waals surface area contributed by atoms with E-state index in [0.29, 0.717) is 5.92 Å². The SMILES string of the molecule is COCC[NH2+]CCOc1ccccc1C(C)C. The highest BCUT2D eigenvalue weighted by Gasteiger charge is 2.06. The first kappa shape index (κ1) is 14.0. The molecule has 2 N–H and O–H groups in total. The molecule has 0 atom stereocenters. The topological polar surface area (TPSA) is 35.1 Å². The summed E-state index contributed by atoms with van der Waals surface area (Å²) < 4.78 is 10.8. The molecule has 0 amide bonds. The van der Waals surface area contributed by atoms with Crippen LogP contribution < -0.4 is 10.1 Å². The molecule has 0 heterocycles. The molecule has 3 nitrogen and oxygen atoms in total. The smallest absolute Gasteiger partial charge is 0.137 e. The van der Waals surface area contributed by atoms with Crippen molar-refractivity contribution in [1.82, 2.24) is 0 Å².